The van der Waals surface area contributed by atoms with Crippen molar-refractivity contribution in [3.63, 3.8) is 0 Å². The van der Waals surface area contributed by atoms with E-state index in [-0.39, 0.29) is 11.9 Å². The van der Waals surface area contributed by atoms with Crippen LogP contribution in [0.15, 0.2) is 83.3 Å². The molecule has 0 unspecified atom stereocenters. The lowest BCUT2D eigenvalue weighted by atomic mass is 9.94. The minimum absolute atomic E-state index is 0.147. The van der Waals surface area contributed by atoms with Crippen molar-refractivity contribution in [2.75, 3.05) is 7.11 Å². The number of ether oxygens (including phenoxy) is 1. The van der Waals surface area contributed by atoms with Gasteiger partial charge in [0.1, 0.15) is 17.1 Å². The predicted octanol–water partition coefficient (Wildman–Crippen LogP) is 6.63. The van der Waals surface area contributed by atoms with Crippen LogP contribution in [-0.4, -0.2) is 13.0 Å². The Morgan fingerprint density at radius 3 is 2.26 bits per heavy atom. The lowest BCUT2D eigenvalue weighted by Crippen LogP contribution is -2.27. The molecule has 1 aliphatic carbocycles. The first-order chi connectivity index (χ1) is 16.6. The Bertz CT molecular complexity index is 1300. The summed E-state index contributed by atoms with van der Waals surface area (Å²) in [6, 6.07) is 23.9. The van der Waals surface area contributed by atoms with Crippen LogP contribution in [0.25, 0.3) is 16.5 Å². The Balaban J connectivity index is 1.47. The molecule has 1 amide bonds. The number of rotatable bonds is 6. The molecule has 0 aliphatic heterocycles. The summed E-state index contributed by atoms with van der Waals surface area (Å²) in [6.07, 6.45) is 6.03. The molecule has 1 aliphatic rings. The third-order valence-electron chi connectivity index (χ3n) is 6.60. The zero-order valence-electron chi connectivity index (χ0n) is 19.6. The third-order valence-corrected chi connectivity index (χ3v) is 6.60. The fourth-order valence-electron chi connectivity index (χ4n) is 4.87. The maximum absolute atomic E-state index is 13.2. The van der Waals surface area contributed by atoms with Gasteiger partial charge in [-0.2, -0.15) is 0 Å². The van der Waals surface area contributed by atoms with Gasteiger partial charge in [-0.1, -0.05) is 60.7 Å². The molecule has 4 nitrogen and oxygen atoms in total. The van der Waals surface area contributed by atoms with Crippen LogP contribution in [-0.2, 0) is 17.6 Å². The maximum Gasteiger partial charge on any atom is 0.245 e. The summed E-state index contributed by atoms with van der Waals surface area (Å²) >= 11 is 0. The Hall–Kier alpha value is -3.79. The Morgan fingerprint density at radius 1 is 0.971 bits per heavy atom. The fraction of sp³-hybridized carbons (Fsp3) is 0.233. The minimum Gasteiger partial charge on any atom is -0.496 e. The van der Waals surface area contributed by atoms with Crippen molar-refractivity contribution < 1.29 is 13.9 Å². The summed E-state index contributed by atoms with van der Waals surface area (Å²) in [7, 11) is 1.65. The number of carbonyl (C=O) groups is 1. The van der Waals surface area contributed by atoms with Gasteiger partial charge >= 0.3 is 0 Å². The molecule has 4 aromatic rings. The van der Waals surface area contributed by atoms with E-state index < -0.39 is 0 Å². The second kappa shape index (κ2) is 9.60. The fourth-order valence-corrected chi connectivity index (χ4v) is 4.87. The number of methoxy groups -OCH3 is 1. The van der Waals surface area contributed by atoms with E-state index in [2.05, 4.69) is 11.4 Å². The Kier molecular flexibility index (Phi) is 6.22. The lowest BCUT2D eigenvalue weighted by Gasteiger charge is -2.19. The monoisotopic (exact) mass is 451 g/mol. The summed E-state index contributed by atoms with van der Waals surface area (Å²) in [5, 5.41) is 4.32. The van der Waals surface area contributed by atoms with Crippen molar-refractivity contribution in [3.8, 4) is 5.75 Å². The number of furan rings is 1. The van der Waals surface area contributed by atoms with Gasteiger partial charge in [-0.25, -0.2) is 0 Å². The van der Waals surface area contributed by atoms with E-state index >= 15 is 0 Å². The first kappa shape index (κ1) is 22.0. The molecule has 4 heteroatoms. The molecule has 0 saturated carbocycles. The van der Waals surface area contributed by atoms with Crippen molar-refractivity contribution in [2.24, 2.45) is 0 Å². The van der Waals surface area contributed by atoms with Gasteiger partial charge < -0.3 is 14.5 Å². The molecule has 1 N–H and O–H groups in total. The van der Waals surface area contributed by atoms with E-state index in [1.54, 1.807) is 13.2 Å². The van der Waals surface area contributed by atoms with Gasteiger partial charge in [-0.3, -0.25) is 4.79 Å². The van der Waals surface area contributed by atoms with Crippen molar-refractivity contribution in [1.29, 1.82) is 0 Å². The zero-order valence-corrected chi connectivity index (χ0v) is 19.6. The summed E-state index contributed by atoms with van der Waals surface area (Å²) in [4.78, 5) is 13.2. The molecule has 0 bridgehead atoms. The normalized spacial score (nSPS) is 13.7. The van der Waals surface area contributed by atoms with Gasteiger partial charge in [0.25, 0.3) is 0 Å². The molecule has 34 heavy (non-hydrogen) atoms. The molecule has 0 saturated heterocycles. The molecule has 0 fully saturated rings. The first-order valence-electron chi connectivity index (χ1n) is 11.9. The average Bonchev–Trinajstić information content (AvgIpc) is 3.25. The van der Waals surface area contributed by atoms with Crippen LogP contribution in [0.2, 0.25) is 0 Å². The summed E-state index contributed by atoms with van der Waals surface area (Å²) in [6.45, 7) is 1.95. The first-order valence-corrected chi connectivity index (χ1v) is 11.9. The maximum atomic E-state index is 13.2. The van der Waals surface area contributed by atoms with Gasteiger partial charge in [-0.05, 0) is 49.0 Å². The smallest absolute Gasteiger partial charge is 0.245 e. The zero-order chi connectivity index (χ0) is 23.5. The quantitative estimate of drug-likeness (QED) is 0.335. The standard InChI is InChI=1S/C30H29NO3/c1-20(24-18-25-23-15-9-10-16-26(23)34-28(25)19-27(24)33-2)17-29(32)31-30(21-11-5-3-6-12-21)22-13-7-4-8-14-22/h3-8,11-14,17-19,30H,9-10,15-16H2,1-2H3,(H,31,32)/b20-17+. The molecular weight excluding hydrogens is 422 g/mol. The molecule has 3 aromatic carbocycles. The van der Waals surface area contributed by atoms with Gasteiger partial charge in [0.2, 0.25) is 5.91 Å². The second-order valence-electron chi connectivity index (χ2n) is 8.85. The number of benzene rings is 3. The van der Waals surface area contributed by atoms with Crippen LogP contribution in [0.1, 0.15) is 53.8 Å². The van der Waals surface area contributed by atoms with Crippen LogP contribution < -0.4 is 10.1 Å². The average molecular weight is 452 g/mol. The van der Waals surface area contributed by atoms with Crippen molar-refractivity contribution in [1.82, 2.24) is 5.32 Å². The molecule has 0 radical (unpaired) electrons. The molecule has 172 valence electrons. The Morgan fingerprint density at radius 2 is 1.62 bits per heavy atom. The number of aryl methyl sites for hydroxylation is 2. The molecule has 1 aromatic heterocycles. The second-order valence-corrected chi connectivity index (χ2v) is 8.85. The van der Waals surface area contributed by atoms with E-state index in [1.165, 1.54) is 18.4 Å². The van der Waals surface area contributed by atoms with E-state index in [4.69, 9.17) is 9.15 Å². The highest BCUT2D eigenvalue weighted by molar-refractivity contribution is 5.98. The summed E-state index contributed by atoms with van der Waals surface area (Å²) in [5.74, 6) is 1.66. The van der Waals surface area contributed by atoms with Crippen LogP contribution >= 0.6 is 0 Å². The Labute approximate surface area is 200 Å². The highest BCUT2D eigenvalue weighted by Gasteiger charge is 2.21. The van der Waals surface area contributed by atoms with E-state index in [1.807, 2.05) is 73.7 Å². The highest BCUT2D eigenvalue weighted by atomic mass is 16.5. The van der Waals surface area contributed by atoms with Gasteiger partial charge in [0, 0.05) is 35.1 Å². The minimum atomic E-state index is -0.232. The SMILES string of the molecule is COc1cc2oc3c(c2cc1/C(C)=C/C(=O)NC(c1ccccc1)c1ccccc1)CCCC3. The lowest BCUT2D eigenvalue weighted by molar-refractivity contribution is -0.116. The molecule has 1 heterocycles. The van der Waals surface area contributed by atoms with Crippen molar-refractivity contribution >= 4 is 22.4 Å². The van der Waals surface area contributed by atoms with Crippen LogP contribution in [0.4, 0.5) is 0 Å². The van der Waals surface area contributed by atoms with Crippen molar-refractivity contribution in [3.05, 3.63) is 107 Å². The molecule has 0 atom stereocenters. The van der Waals surface area contributed by atoms with Gasteiger partial charge in [-0.15, -0.1) is 0 Å². The number of amides is 1. The largest absolute Gasteiger partial charge is 0.496 e. The number of fused-ring (bicyclic) bond motifs is 3. The van der Waals surface area contributed by atoms with E-state index in [0.29, 0.717) is 5.75 Å². The highest BCUT2D eigenvalue weighted by Crippen LogP contribution is 2.38. The van der Waals surface area contributed by atoms with E-state index in [9.17, 15) is 4.79 Å². The van der Waals surface area contributed by atoms with Gasteiger partial charge in [0.15, 0.2) is 0 Å². The summed E-state index contributed by atoms with van der Waals surface area (Å²) < 4.78 is 11.8. The third kappa shape index (κ3) is 4.36. The topological polar surface area (TPSA) is 51.5 Å². The number of hydrogen-bond donors (Lipinski definition) is 1. The summed E-state index contributed by atoms with van der Waals surface area (Å²) in [5.41, 5.74) is 6.00. The van der Waals surface area contributed by atoms with Gasteiger partial charge in [0.05, 0.1) is 13.2 Å². The number of allylic oxidation sites excluding steroid dienone is 1. The number of nitrogens with one attached hydrogen (secondary N) is 1. The molecule has 0 spiro atoms. The predicted molar refractivity (Wildman–Crippen MR) is 136 cm³/mol. The van der Waals surface area contributed by atoms with E-state index in [0.717, 1.165) is 51.8 Å². The van der Waals surface area contributed by atoms with Crippen LogP contribution in [0, 0.1) is 0 Å². The molecule has 5 rings (SSSR count). The number of hydrogen-bond acceptors (Lipinski definition) is 3. The molecular formula is C30H29NO3. The van der Waals surface area contributed by atoms with Crippen molar-refractivity contribution in [2.45, 2.75) is 38.6 Å². The number of carbonyl (C=O) groups excluding carboxylic acids is 1. The van der Waals surface area contributed by atoms with Crippen LogP contribution in [0.3, 0.4) is 0 Å². The van der Waals surface area contributed by atoms with Crippen LogP contribution in [0.5, 0.6) is 5.75 Å².